The summed E-state index contributed by atoms with van der Waals surface area (Å²) in [6.07, 6.45) is 5.51. The first-order valence-corrected chi connectivity index (χ1v) is 6.70. The van der Waals surface area contributed by atoms with E-state index in [0.717, 1.165) is 25.7 Å². The summed E-state index contributed by atoms with van der Waals surface area (Å²) in [4.78, 5) is 0. The molecule has 1 N–H and O–H groups in total. The fraction of sp³-hybridized carbons (Fsp3) is 0.929. The molecule has 0 amide bonds. The third-order valence-electron chi connectivity index (χ3n) is 4.50. The molecule has 1 aliphatic carbocycles. The average molecular weight is 239 g/mol. The largest absolute Gasteiger partial charge is 0.386 e. The molecule has 0 spiro atoms. The summed E-state index contributed by atoms with van der Waals surface area (Å²) in [5.74, 6) is 0.568. The first kappa shape index (κ1) is 14.5. The van der Waals surface area contributed by atoms with E-state index in [1.165, 1.54) is 6.42 Å². The number of hydrogen-bond donors (Lipinski definition) is 1. The van der Waals surface area contributed by atoms with E-state index >= 15 is 0 Å². The van der Waals surface area contributed by atoms with E-state index in [9.17, 15) is 10.4 Å². The quantitative estimate of drug-likeness (QED) is 0.802. The molecule has 0 radical (unpaired) electrons. The van der Waals surface area contributed by atoms with Gasteiger partial charge in [-0.1, -0.05) is 33.1 Å². The standard InChI is InChI=1S/C14H25NO2/c1-4-12-7-6-8-13(9-12,10-15)14(16,5-2)11-17-3/h12,16H,4-9,11H2,1-3H3. The highest BCUT2D eigenvalue weighted by molar-refractivity contribution is 5.13. The Hall–Kier alpha value is -0.590. The van der Waals surface area contributed by atoms with Gasteiger partial charge in [0.1, 0.15) is 5.60 Å². The SMILES string of the molecule is CCC1CCCC(C#N)(C(O)(CC)COC)C1. The summed E-state index contributed by atoms with van der Waals surface area (Å²) in [5.41, 5.74) is -1.61. The van der Waals surface area contributed by atoms with Gasteiger partial charge in [0, 0.05) is 7.11 Å². The van der Waals surface area contributed by atoms with Gasteiger partial charge in [-0.25, -0.2) is 0 Å². The van der Waals surface area contributed by atoms with Crippen molar-refractivity contribution in [2.75, 3.05) is 13.7 Å². The summed E-state index contributed by atoms with van der Waals surface area (Å²) < 4.78 is 5.15. The number of methoxy groups -OCH3 is 1. The first-order valence-electron chi connectivity index (χ1n) is 6.70. The molecular weight excluding hydrogens is 214 g/mol. The summed E-state index contributed by atoms with van der Waals surface area (Å²) in [6.45, 7) is 4.36. The molecule has 98 valence electrons. The molecule has 0 aliphatic heterocycles. The van der Waals surface area contributed by atoms with Gasteiger partial charge in [-0.05, 0) is 25.2 Å². The Morgan fingerprint density at radius 2 is 2.24 bits per heavy atom. The van der Waals surface area contributed by atoms with Crippen LogP contribution in [0.5, 0.6) is 0 Å². The molecule has 0 heterocycles. The molecule has 1 saturated carbocycles. The number of aliphatic hydroxyl groups is 1. The van der Waals surface area contributed by atoms with E-state index < -0.39 is 11.0 Å². The van der Waals surface area contributed by atoms with Crippen molar-refractivity contribution in [1.29, 1.82) is 5.26 Å². The van der Waals surface area contributed by atoms with Crippen LogP contribution in [0.15, 0.2) is 0 Å². The molecule has 1 rings (SSSR count). The Labute approximate surface area is 105 Å². The molecule has 0 aromatic heterocycles. The normalized spacial score (nSPS) is 32.8. The number of nitrogens with zero attached hydrogens (tertiary/aromatic N) is 1. The van der Waals surface area contributed by atoms with Gasteiger partial charge in [0.2, 0.25) is 0 Å². The maximum atomic E-state index is 10.8. The highest BCUT2D eigenvalue weighted by atomic mass is 16.5. The Morgan fingerprint density at radius 1 is 1.53 bits per heavy atom. The van der Waals surface area contributed by atoms with E-state index in [4.69, 9.17) is 4.74 Å². The second-order valence-electron chi connectivity index (χ2n) is 5.38. The molecule has 0 saturated heterocycles. The van der Waals surface area contributed by atoms with Gasteiger partial charge in [0.15, 0.2) is 0 Å². The number of rotatable bonds is 5. The molecule has 1 aliphatic rings. The van der Waals surface area contributed by atoms with Crippen LogP contribution in [0.1, 0.15) is 52.4 Å². The lowest BCUT2D eigenvalue weighted by atomic mass is 9.60. The predicted molar refractivity (Wildman–Crippen MR) is 67.4 cm³/mol. The lowest BCUT2D eigenvalue weighted by Gasteiger charge is -2.46. The van der Waals surface area contributed by atoms with Gasteiger partial charge in [-0.2, -0.15) is 5.26 Å². The van der Waals surface area contributed by atoms with Crippen LogP contribution in [0, 0.1) is 22.7 Å². The fourth-order valence-corrected chi connectivity index (χ4v) is 3.18. The minimum Gasteiger partial charge on any atom is -0.386 e. The zero-order valence-corrected chi connectivity index (χ0v) is 11.3. The zero-order chi connectivity index (χ0) is 12.9. The smallest absolute Gasteiger partial charge is 0.106 e. The third-order valence-corrected chi connectivity index (χ3v) is 4.50. The maximum Gasteiger partial charge on any atom is 0.106 e. The van der Waals surface area contributed by atoms with Crippen molar-refractivity contribution in [3.63, 3.8) is 0 Å². The van der Waals surface area contributed by atoms with Crippen LogP contribution in [0.3, 0.4) is 0 Å². The van der Waals surface area contributed by atoms with E-state index in [-0.39, 0.29) is 6.61 Å². The zero-order valence-electron chi connectivity index (χ0n) is 11.3. The lowest BCUT2D eigenvalue weighted by Crippen LogP contribution is -2.52. The van der Waals surface area contributed by atoms with Crippen molar-refractivity contribution in [3.05, 3.63) is 0 Å². The van der Waals surface area contributed by atoms with Crippen molar-refractivity contribution in [3.8, 4) is 6.07 Å². The van der Waals surface area contributed by atoms with Crippen molar-refractivity contribution in [1.82, 2.24) is 0 Å². The summed E-state index contributed by atoms with van der Waals surface area (Å²) in [7, 11) is 1.59. The summed E-state index contributed by atoms with van der Waals surface area (Å²) in [5, 5.41) is 20.3. The van der Waals surface area contributed by atoms with Crippen LogP contribution in [0.2, 0.25) is 0 Å². The van der Waals surface area contributed by atoms with E-state index in [1.807, 2.05) is 6.92 Å². The van der Waals surface area contributed by atoms with Crippen LogP contribution >= 0.6 is 0 Å². The van der Waals surface area contributed by atoms with Crippen molar-refractivity contribution in [2.45, 2.75) is 58.0 Å². The Kier molecular flexibility index (Phi) is 4.97. The molecule has 0 aromatic carbocycles. The number of ether oxygens (including phenoxy) is 1. The number of hydrogen-bond acceptors (Lipinski definition) is 3. The summed E-state index contributed by atoms with van der Waals surface area (Å²) in [6, 6.07) is 2.43. The molecule has 1 fully saturated rings. The van der Waals surface area contributed by atoms with Crippen LogP contribution in [-0.4, -0.2) is 24.4 Å². The second kappa shape index (κ2) is 5.84. The maximum absolute atomic E-state index is 10.8. The van der Waals surface area contributed by atoms with Gasteiger partial charge in [0.25, 0.3) is 0 Å². The second-order valence-corrected chi connectivity index (χ2v) is 5.38. The van der Waals surface area contributed by atoms with Crippen LogP contribution in [0.25, 0.3) is 0 Å². The van der Waals surface area contributed by atoms with Gasteiger partial charge in [-0.15, -0.1) is 0 Å². The van der Waals surface area contributed by atoms with Crippen molar-refractivity contribution < 1.29 is 9.84 Å². The van der Waals surface area contributed by atoms with E-state index in [2.05, 4.69) is 13.0 Å². The van der Waals surface area contributed by atoms with Crippen molar-refractivity contribution >= 4 is 0 Å². The molecule has 3 atom stereocenters. The van der Waals surface area contributed by atoms with Crippen molar-refractivity contribution in [2.24, 2.45) is 11.3 Å². The van der Waals surface area contributed by atoms with Gasteiger partial charge < -0.3 is 9.84 Å². The molecule has 3 heteroatoms. The molecule has 0 aromatic rings. The molecule has 0 bridgehead atoms. The number of nitriles is 1. The van der Waals surface area contributed by atoms with Crippen LogP contribution in [-0.2, 0) is 4.74 Å². The highest BCUT2D eigenvalue weighted by Crippen LogP contribution is 2.48. The Morgan fingerprint density at radius 3 is 2.71 bits per heavy atom. The Bertz CT molecular complexity index is 286. The fourth-order valence-electron chi connectivity index (χ4n) is 3.18. The highest BCUT2D eigenvalue weighted by Gasteiger charge is 2.51. The third kappa shape index (κ3) is 2.64. The van der Waals surface area contributed by atoms with Gasteiger partial charge in [0.05, 0.1) is 18.1 Å². The summed E-state index contributed by atoms with van der Waals surface area (Å²) >= 11 is 0. The first-order chi connectivity index (χ1) is 8.07. The van der Waals surface area contributed by atoms with E-state index in [1.54, 1.807) is 7.11 Å². The topological polar surface area (TPSA) is 53.2 Å². The van der Waals surface area contributed by atoms with E-state index in [0.29, 0.717) is 12.3 Å². The van der Waals surface area contributed by atoms with Gasteiger partial charge in [-0.3, -0.25) is 0 Å². The minimum absolute atomic E-state index is 0.257. The predicted octanol–water partition coefficient (Wildman–Crippen LogP) is 2.88. The monoisotopic (exact) mass is 239 g/mol. The Balaban J connectivity index is 2.97. The lowest BCUT2D eigenvalue weighted by molar-refractivity contribution is -0.123. The minimum atomic E-state index is -0.996. The molecule has 3 unspecified atom stereocenters. The molecule has 3 nitrogen and oxygen atoms in total. The van der Waals surface area contributed by atoms with Crippen LogP contribution < -0.4 is 0 Å². The van der Waals surface area contributed by atoms with Crippen LogP contribution in [0.4, 0.5) is 0 Å². The van der Waals surface area contributed by atoms with Gasteiger partial charge >= 0.3 is 0 Å². The average Bonchev–Trinajstić information content (AvgIpc) is 2.38. The molecular formula is C14H25NO2. The molecule has 17 heavy (non-hydrogen) atoms.